The summed E-state index contributed by atoms with van der Waals surface area (Å²) >= 11 is 0. The molecule has 1 aliphatic carbocycles. The lowest BCUT2D eigenvalue weighted by Gasteiger charge is -2.38. The largest absolute Gasteiger partial charge is 0.508 e. The zero-order chi connectivity index (χ0) is 17.0. The van der Waals surface area contributed by atoms with E-state index >= 15 is 0 Å². The summed E-state index contributed by atoms with van der Waals surface area (Å²) in [5.41, 5.74) is 1.86. The number of aryl methyl sites for hydroxylation is 1. The molecule has 1 aromatic carbocycles. The van der Waals surface area contributed by atoms with Gasteiger partial charge in [-0.3, -0.25) is 0 Å². The Morgan fingerprint density at radius 1 is 1.09 bits per heavy atom. The fourth-order valence-corrected chi connectivity index (χ4v) is 4.32. The molecule has 1 aromatic rings. The van der Waals surface area contributed by atoms with Gasteiger partial charge in [0.15, 0.2) is 0 Å². The van der Waals surface area contributed by atoms with E-state index in [-0.39, 0.29) is 5.92 Å². The van der Waals surface area contributed by atoms with E-state index < -0.39 is 0 Å². The molecular weight excluding hydrogens is 284 g/mol. The van der Waals surface area contributed by atoms with E-state index in [1.54, 1.807) is 0 Å². The number of aromatic hydroxyl groups is 2. The van der Waals surface area contributed by atoms with Crippen molar-refractivity contribution < 1.29 is 10.2 Å². The first-order valence-corrected chi connectivity index (χ1v) is 9.48. The van der Waals surface area contributed by atoms with Gasteiger partial charge in [0.25, 0.3) is 0 Å². The Balaban J connectivity index is 2.26. The van der Waals surface area contributed by atoms with Gasteiger partial charge in [-0.05, 0) is 67.1 Å². The minimum absolute atomic E-state index is 0.281. The molecule has 2 rings (SSSR count). The highest BCUT2D eigenvalue weighted by atomic mass is 16.3. The number of hydrogen-bond donors (Lipinski definition) is 2. The van der Waals surface area contributed by atoms with Gasteiger partial charge in [-0.1, -0.05) is 47.0 Å². The average Bonchev–Trinajstić information content (AvgIpc) is 2.46. The highest BCUT2D eigenvalue weighted by Crippen LogP contribution is 2.49. The fraction of sp³-hybridized carbons (Fsp3) is 0.714. The predicted octanol–water partition coefficient (Wildman–Crippen LogP) is 6.01. The van der Waals surface area contributed by atoms with Gasteiger partial charge in [0.05, 0.1) is 0 Å². The van der Waals surface area contributed by atoms with Gasteiger partial charge in [0, 0.05) is 5.56 Å². The van der Waals surface area contributed by atoms with Gasteiger partial charge >= 0.3 is 0 Å². The van der Waals surface area contributed by atoms with Gasteiger partial charge in [0.1, 0.15) is 11.5 Å². The third-order valence-corrected chi connectivity index (χ3v) is 5.66. The Labute approximate surface area is 141 Å². The van der Waals surface area contributed by atoms with Crippen molar-refractivity contribution in [2.45, 2.75) is 78.6 Å². The molecule has 2 heteroatoms. The summed E-state index contributed by atoms with van der Waals surface area (Å²) in [4.78, 5) is 0. The van der Waals surface area contributed by atoms with E-state index in [2.05, 4.69) is 27.7 Å². The number of hydrogen-bond acceptors (Lipinski definition) is 2. The minimum atomic E-state index is 0.281. The van der Waals surface area contributed by atoms with Crippen molar-refractivity contribution in [3.05, 3.63) is 23.3 Å². The fourth-order valence-electron chi connectivity index (χ4n) is 4.32. The molecule has 0 heterocycles. The van der Waals surface area contributed by atoms with Gasteiger partial charge in [0.2, 0.25) is 0 Å². The van der Waals surface area contributed by atoms with Gasteiger partial charge in [-0.25, -0.2) is 0 Å². The van der Waals surface area contributed by atoms with Crippen LogP contribution < -0.4 is 0 Å². The van der Waals surface area contributed by atoms with Crippen LogP contribution in [0.1, 0.15) is 83.3 Å². The van der Waals surface area contributed by atoms with Crippen molar-refractivity contribution in [1.29, 1.82) is 0 Å². The third kappa shape index (κ3) is 4.43. The molecule has 0 saturated heterocycles. The van der Waals surface area contributed by atoms with Gasteiger partial charge < -0.3 is 10.2 Å². The average molecular weight is 319 g/mol. The Morgan fingerprint density at radius 3 is 2.30 bits per heavy atom. The summed E-state index contributed by atoms with van der Waals surface area (Å²) < 4.78 is 0. The molecule has 130 valence electrons. The van der Waals surface area contributed by atoms with E-state index in [0.29, 0.717) is 29.3 Å². The summed E-state index contributed by atoms with van der Waals surface area (Å²) in [6, 6.07) is 3.78. The van der Waals surface area contributed by atoms with Crippen LogP contribution >= 0.6 is 0 Å². The van der Waals surface area contributed by atoms with Crippen molar-refractivity contribution in [1.82, 2.24) is 0 Å². The minimum Gasteiger partial charge on any atom is -0.508 e. The second-order valence-corrected chi connectivity index (χ2v) is 7.94. The summed E-state index contributed by atoms with van der Waals surface area (Å²) in [6.07, 6.45) is 7.95. The lowest BCUT2D eigenvalue weighted by atomic mass is 9.67. The van der Waals surface area contributed by atoms with Crippen LogP contribution in [0.4, 0.5) is 0 Å². The highest BCUT2D eigenvalue weighted by Gasteiger charge is 2.34. The summed E-state index contributed by atoms with van der Waals surface area (Å²) in [5, 5.41) is 21.2. The monoisotopic (exact) mass is 318 g/mol. The number of unbranched alkanes of at least 4 members (excludes halogenated alkanes) is 2. The molecule has 0 bridgehead atoms. The number of benzene rings is 1. The quantitative estimate of drug-likeness (QED) is 0.631. The topological polar surface area (TPSA) is 40.5 Å². The molecule has 0 amide bonds. The van der Waals surface area contributed by atoms with Crippen LogP contribution in [0.3, 0.4) is 0 Å². The van der Waals surface area contributed by atoms with Crippen molar-refractivity contribution in [2.75, 3.05) is 0 Å². The van der Waals surface area contributed by atoms with Crippen molar-refractivity contribution in [3.8, 4) is 11.5 Å². The predicted molar refractivity (Wildman–Crippen MR) is 97.1 cm³/mol. The number of phenols is 2. The molecule has 23 heavy (non-hydrogen) atoms. The van der Waals surface area contributed by atoms with Crippen LogP contribution in [-0.4, -0.2) is 10.2 Å². The standard InChI is InChI=1S/C21H34O2/c1-5-6-7-8-16-12-19(22)21(20(23)13-16)18-11-15(4)9-10-17(18)14(2)3/h12-15,17-18,22-23H,5-11H2,1-4H3/t15-,17+,18?/m1/s1. The molecule has 1 saturated carbocycles. The SMILES string of the molecule is CCCCCc1cc(O)c(C2C[C@H](C)CC[C@H]2C(C)C)c(O)c1. The normalized spacial score (nSPS) is 25.0. The maximum Gasteiger partial charge on any atom is 0.123 e. The smallest absolute Gasteiger partial charge is 0.123 e. The van der Waals surface area contributed by atoms with E-state index in [9.17, 15) is 10.2 Å². The molecule has 0 radical (unpaired) electrons. The van der Waals surface area contributed by atoms with E-state index in [4.69, 9.17) is 0 Å². The lowest BCUT2D eigenvalue weighted by Crippen LogP contribution is -2.26. The maximum absolute atomic E-state index is 10.6. The van der Waals surface area contributed by atoms with Crippen LogP contribution in [0.5, 0.6) is 11.5 Å². The molecule has 0 spiro atoms. The molecule has 2 N–H and O–H groups in total. The molecule has 0 aromatic heterocycles. The van der Waals surface area contributed by atoms with Gasteiger partial charge in [-0.2, -0.15) is 0 Å². The summed E-state index contributed by atoms with van der Waals surface area (Å²) in [7, 11) is 0. The summed E-state index contributed by atoms with van der Waals surface area (Å²) in [5.74, 6) is 2.69. The van der Waals surface area contributed by atoms with E-state index in [0.717, 1.165) is 30.4 Å². The second kappa shape index (κ2) is 8.08. The molecule has 2 nitrogen and oxygen atoms in total. The Kier molecular flexibility index (Phi) is 6.38. The van der Waals surface area contributed by atoms with Crippen LogP contribution in [0.25, 0.3) is 0 Å². The van der Waals surface area contributed by atoms with Gasteiger partial charge in [-0.15, -0.1) is 0 Å². The molecule has 1 fully saturated rings. The Morgan fingerprint density at radius 2 is 1.74 bits per heavy atom. The van der Waals surface area contributed by atoms with Crippen LogP contribution in [0.2, 0.25) is 0 Å². The number of rotatable bonds is 6. The molecule has 1 aliphatic rings. The van der Waals surface area contributed by atoms with Crippen molar-refractivity contribution >= 4 is 0 Å². The van der Waals surface area contributed by atoms with Crippen LogP contribution in [0.15, 0.2) is 12.1 Å². The zero-order valence-corrected chi connectivity index (χ0v) is 15.3. The maximum atomic E-state index is 10.6. The lowest BCUT2D eigenvalue weighted by molar-refractivity contribution is 0.192. The third-order valence-electron chi connectivity index (χ3n) is 5.66. The zero-order valence-electron chi connectivity index (χ0n) is 15.3. The number of phenolic OH excluding ortho intramolecular Hbond substituents is 2. The highest BCUT2D eigenvalue weighted by molar-refractivity contribution is 5.49. The molecular formula is C21H34O2. The van der Waals surface area contributed by atoms with Crippen LogP contribution in [0, 0.1) is 17.8 Å². The Bertz CT molecular complexity index is 484. The molecule has 1 unspecified atom stereocenters. The first-order chi connectivity index (χ1) is 10.9. The Hall–Kier alpha value is -1.18. The molecule has 0 aliphatic heterocycles. The summed E-state index contributed by atoms with van der Waals surface area (Å²) in [6.45, 7) is 9.01. The first kappa shape index (κ1) is 18.2. The van der Waals surface area contributed by atoms with E-state index in [1.165, 1.54) is 25.7 Å². The van der Waals surface area contributed by atoms with Crippen molar-refractivity contribution in [2.24, 2.45) is 17.8 Å². The molecule has 3 atom stereocenters. The van der Waals surface area contributed by atoms with Crippen molar-refractivity contribution in [3.63, 3.8) is 0 Å². The van der Waals surface area contributed by atoms with Crippen LogP contribution in [-0.2, 0) is 6.42 Å². The second-order valence-electron chi connectivity index (χ2n) is 7.94. The van der Waals surface area contributed by atoms with E-state index in [1.807, 2.05) is 12.1 Å². The first-order valence-electron chi connectivity index (χ1n) is 9.48.